The maximum Gasteiger partial charge on any atom is 0.125 e. The van der Waals surface area contributed by atoms with Gasteiger partial charge in [0.15, 0.2) is 0 Å². The van der Waals surface area contributed by atoms with Gasteiger partial charge in [0.1, 0.15) is 5.82 Å². The Hall–Kier alpha value is -0.610. The summed E-state index contributed by atoms with van der Waals surface area (Å²) < 4.78 is 19.1. The average molecular weight is 274 g/mol. The van der Waals surface area contributed by atoms with Crippen molar-refractivity contribution in [2.24, 2.45) is 5.92 Å². The van der Waals surface area contributed by atoms with Crippen molar-refractivity contribution in [2.45, 2.75) is 6.42 Å². The second-order valence-corrected chi connectivity index (χ2v) is 4.59. The summed E-state index contributed by atoms with van der Waals surface area (Å²) in [6.07, 6.45) is 1.08. The fraction of sp³-hybridized carbons (Fsp3) is 0.455. The first-order valence-corrected chi connectivity index (χ1v) is 5.81. The van der Waals surface area contributed by atoms with Crippen molar-refractivity contribution in [2.75, 3.05) is 25.1 Å². The van der Waals surface area contributed by atoms with Crippen LogP contribution in [0.1, 0.15) is 6.42 Å². The highest BCUT2D eigenvalue weighted by molar-refractivity contribution is 9.10. The van der Waals surface area contributed by atoms with Crippen LogP contribution >= 0.6 is 15.9 Å². The predicted molar refractivity (Wildman–Crippen MR) is 61.5 cm³/mol. The normalized spacial score (nSPS) is 20.5. The minimum Gasteiger partial charge on any atom is -0.384 e. The quantitative estimate of drug-likeness (QED) is 0.914. The molecule has 15 heavy (non-hydrogen) atoms. The number of anilines is 1. The standard InChI is InChI=1S/C11H13BrFNO/c12-10-2-1-9(13)5-11(10)14-6-8-3-4-15-7-8/h1-2,5,8,14H,3-4,6-7H2. The van der Waals surface area contributed by atoms with Crippen LogP contribution in [0.2, 0.25) is 0 Å². The highest BCUT2D eigenvalue weighted by Crippen LogP contribution is 2.24. The van der Waals surface area contributed by atoms with Gasteiger partial charge in [-0.25, -0.2) is 4.39 Å². The Balaban J connectivity index is 1.94. The summed E-state index contributed by atoms with van der Waals surface area (Å²) in [5.74, 6) is 0.323. The molecule has 0 amide bonds. The van der Waals surface area contributed by atoms with E-state index in [-0.39, 0.29) is 5.82 Å². The zero-order valence-electron chi connectivity index (χ0n) is 8.30. The van der Waals surface area contributed by atoms with E-state index >= 15 is 0 Å². The van der Waals surface area contributed by atoms with Gasteiger partial charge in [0.25, 0.3) is 0 Å². The molecule has 1 aliphatic rings. The van der Waals surface area contributed by atoms with E-state index in [0.29, 0.717) is 5.92 Å². The van der Waals surface area contributed by atoms with Crippen molar-refractivity contribution in [3.8, 4) is 0 Å². The van der Waals surface area contributed by atoms with Gasteiger partial charge in [-0.15, -0.1) is 0 Å². The molecule has 0 aromatic heterocycles. The summed E-state index contributed by atoms with van der Waals surface area (Å²) in [5.41, 5.74) is 0.807. The first-order valence-electron chi connectivity index (χ1n) is 5.02. The minimum atomic E-state index is -0.219. The maximum atomic E-state index is 13.0. The number of benzene rings is 1. The molecule has 4 heteroatoms. The van der Waals surface area contributed by atoms with Crippen LogP contribution in [0.25, 0.3) is 0 Å². The zero-order chi connectivity index (χ0) is 10.7. The molecule has 2 nitrogen and oxygen atoms in total. The van der Waals surface area contributed by atoms with Crippen LogP contribution in [-0.2, 0) is 4.74 Å². The van der Waals surface area contributed by atoms with Crippen molar-refractivity contribution in [1.29, 1.82) is 0 Å². The van der Waals surface area contributed by atoms with E-state index < -0.39 is 0 Å². The second-order valence-electron chi connectivity index (χ2n) is 3.73. The van der Waals surface area contributed by atoms with Crippen molar-refractivity contribution in [1.82, 2.24) is 0 Å². The highest BCUT2D eigenvalue weighted by Gasteiger charge is 2.15. The molecule has 1 unspecified atom stereocenters. The number of hydrogen-bond acceptors (Lipinski definition) is 2. The number of nitrogens with one attached hydrogen (secondary N) is 1. The molecule has 2 rings (SSSR count). The fourth-order valence-corrected chi connectivity index (χ4v) is 2.02. The first-order chi connectivity index (χ1) is 7.25. The summed E-state index contributed by atoms with van der Waals surface area (Å²) >= 11 is 3.38. The molecular weight excluding hydrogens is 261 g/mol. The van der Waals surface area contributed by atoms with Gasteiger partial charge in [-0.2, -0.15) is 0 Å². The molecule has 1 heterocycles. The van der Waals surface area contributed by atoms with Crippen molar-refractivity contribution < 1.29 is 9.13 Å². The number of ether oxygens (including phenoxy) is 1. The lowest BCUT2D eigenvalue weighted by Crippen LogP contribution is -2.14. The molecular formula is C11H13BrFNO. The summed E-state index contributed by atoms with van der Waals surface area (Å²) in [6, 6.07) is 4.65. The zero-order valence-corrected chi connectivity index (χ0v) is 9.89. The summed E-state index contributed by atoms with van der Waals surface area (Å²) in [6.45, 7) is 2.48. The topological polar surface area (TPSA) is 21.3 Å². The third-order valence-corrected chi connectivity index (χ3v) is 3.23. The molecule has 0 spiro atoms. The van der Waals surface area contributed by atoms with E-state index in [1.54, 1.807) is 6.07 Å². The van der Waals surface area contributed by atoms with Crippen LogP contribution < -0.4 is 5.32 Å². The van der Waals surface area contributed by atoms with Gasteiger partial charge in [-0.3, -0.25) is 0 Å². The van der Waals surface area contributed by atoms with Crippen LogP contribution in [0.5, 0.6) is 0 Å². The van der Waals surface area contributed by atoms with Gasteiger partial charge in [0.2, 0.25) is 0 Å². The summed E-state index contributed by atoms with van der Waals surface area (Å²) in [4.78, 5) is 0. The predicted octanol–water partition coefficient (Wildman–Crippen LogP) is 3.04. The Kier molecular flexibility index (Phi) is 3.59. The first kappa shape index (κ1) is 10.9. The van der Waals surface area contributed by atoms with E-state index in [4.69, 9.17) is 4.74 Å². The smallest absolute Gasteiger partial charge is 0.125 e. The maximum absolute atomic E-state index is 13.0. The van der Waals surface area contributed by atoms with Crippen LogP contribution in [0, 0.1) is 11.7 Å². The van der Waals surface area contributed by atoms with Gasteiger partial charge >= 0.3 is 0 Å². The largest absolute Gasteiger partial charge is 0.384 e. The van der Waals surface area contributed by atoms with Crippen LogP contribution in [0.4, 0.5) is 10.1 Å². The molecule has 1 aromatic carbocycles. The molecule has 1 N–H and O–H groups in total. The van der Waals surface area contributed by atoms with Gasteiger partial charge in [-0.05, 0) is 40.5 Å². The van der Waals surface area contributed by atoms with Crippen molar-refractivity contribution >= 4 is 21.6 Å². The molecule has 0 radical (unpaired) electrons. The molecule has 1 atom stereocenters. The van der Waals surface area contributed by atoms with Gasteiger partial charge in [0.05, 0.1) is 12.3 Å². The van der Waals surface area contributed by atoms with Crippen LogP contribution in [-0.4, -0.2) is 19.8 Å². The summed E-state index contributed by atoms with van der Waals surface area (Å²) in [7, 11) is 0. The number of hydrogen-bond donors (Lipinski definition) is 1. The SMILES string of the molecule is Fc1ccc(Br)c(NCC2CCOC2)c1. The third-order valence-electron chi connectivity index (χ3n) is 2.53. The van der Waals surface area contributed by atoms with Crippen molar-refractivity contribution in [3.05, 3.63) is 28.5 Å². The molecule has 0 aliphatic carbocycles. The van der Waals surface area contributed by atoms with E-state index in [0.717, 1.165) is 36.3 Å². The lowest BCUT2D eigenvalue weighted by atomic mass is 10.1. The van der Waals surface area contributed by atoms with Gasteiger partial charge in [0, 0.05) is 23.5 Å². The monoisotopic (exact) mass is 273 g/mol. The lowest BCUT2D eigenvalue weighted by Gasteiger charge is -2.12. The lowest BCUT2D eigenvalue weighted by molar-refractivity contribution is 0.187. The molecule has 1 aromatic rings. The summed E-state index contributed by atoms with van der Waals surface area (Å²) in [5, 5.41) is 3.23. The second kappa shape index (κ2) is 4.94. The van der Waals surface area contributed by atoms with E-state index in [1.165, 1.54) is 12.1 Å². The third kappa shape index (κ3) is 2.92. The number of rotatable bonds is 3. The van der Waals surface area contributed by atoms with Gasteiger partial charge < -0.3 is 10.1 Å². The fourth-order valence-electron chi connectivity index (χ4n) is 1.63. The Morgan fingerprint density at radius 1 is 1.53 bits per heavy atom. The minimum absolute atomic E-state index is 0.219. The Bertz CT molecular complexity index is 339. The Morgan fingerprint density at radius 2 is 2.40 bits per heavy atom. The average Bonchev–Trinajstić information content (AvgIpc) is 2.72. The molecule has 1 fully saturated rings. The molecule has 1 aliphatic heterocycles. The highest BCUT2D eigenvalue weighted by atomic mass is 79.9. The van der Waals surface area contributed by atoms with Gasteiger partial charge in [-0.1, -0.05) is 0 Å². The van der Waals surface area contributed by atoms with E-state index in [2.05, 4.69) is 21.2 Å². The van der Waals surface area contributed by atoms with Crippen LogP contribution in [0.15, 0.2) is 22.7 Å². The Labute approximate surface area is 96.9 Å². The number of halogens is 2. The molecule has 0 saturated carbocycles. The van der Waals surface area contributed by atoms with Crippen LogP contribution in [0.3, 0.4) is 0 Å². The van der Waals surface area contributed by atoms with E-state index in [1.807, 2.05) is 0 Å². The molecule has 1 saturated heterocycles. The van der Waals surface area contributed by atoms with Crippen molar-refractivity contribution in [3.63, 3.8) is 0 Å². The Morgan fingerprint density at radius 3 is 3.13 bits per heavy atom. The molecule has 82 valence electrons. The molecule has 0 bridgehead atoms. The van der Waals surface area contributed by atoms with E-state index in [9.17, 15) is 4.39 Å².